The number of carbonyl (C=O) groups is 3. The van der Waals surface area contributed by atoms with E-state index >= 15 is 0 Å². The fourth-order valence-electron chi connectivity index (χ4n) is 5.60. The minimum absolute atomic E-state index is 0.0654. The maximum Gasteiger partial charge on any atom is 0.334 e. The first-order chi connectivity index (χ1) is 20.0. The van der Waals surface area contributed by atoms with Gasteiger partial charge >= 0.3 is 11.9 Å². The van der Waals surface area contributed by atoms with Crippen LogP contribution in [0.15, 0.2) is 5.38 Å². The highest BCUT2D eigenvalue weighted by atomic mass is 32.3. The van der Waals surface area contributed by atoms with E-state index in [-0.39, 0.29) is 16.6 Å². The second-order valence-electron chi connectivity index (χ2n) is 14.8. The summed E-state index contributed by atoms with van der Waals surface area (Å²) in [7, 11) is -0.132. The minimum atomic E-state index is -1.48. The van der Waals surface area contributed by atoms with Crippen molar-refractivity contribution in [3.05, 3.63) is 16.1 Å². The summed E-state index contributed by atoms with van der Waals surface area (Å²) < 4.78 is 16.9. The average Bonchev–Trinajstić information content (AvgIpc) is 3.33. The van der Waals surface area contributed by atoms with Crippen molar-refractivity contribution >= 4 is 39.5 Å². The van der Waals surface area contributed by atoms with Crippen LogP contribution in [0.25, 0.3) is 0 Å². The molecule has 10 heteroatoms. The zero-order valence-corrected chi connectivity index (χ0v) is 29.6. The van der Waals surface area contributed by atoms with E-state index in [2.05, 4.69) is 38.6 Å². The van der Waals surface area contributed by atoms with E-state index in [4.69, 9.17) is 18.6 Å². The normalized spacial score (nSPS) is 25.3. The molecule has 1 aromatic rings. The molecule has 0 saturated heterocycles. The predicted molar refractivity (Wildman–Crippen MR) is 176 cm³/mol. The summed E-state index contributed by atoms with van der Waals surface area (Å²) in [4.78, 5) is 42.7. The van der Waals surface area contributed by atoms with Crippen LogP contribution in [0.5, 0.6) is 0 Å². The number of unbranched alkanes of at least 4 members (excludes halogenated alkanes) is 1. The van der Waals surface area contributed by atoms with Gasteiger partial charge in [-0.2, -0.15) is 0 Å². The van der Waals surface area contributed by atoms with E-state index in [1.165, 1.54) is 50.6 Å². The highest BCUT2D eigenvalue weighted by Crippen LogP contribution is 2.59. The quantitative estimate of drug-likeness (QED) is 0.188. The van der Waals surface area contributed by atoms with Gasteiger partial charge < -0.3 is 19.0 Å². The Bertz CT molecular complexity index is 1110. The molecule has 2 aliphatic rings. The Kier molecular flexibility index (Phi) is 12.2. The molecule has 1 amide bonds. The lowest BCUT2D eigenvalue weighted by atomic mass is 9.82. The number of carbonyl (C=O) groups excluding carboxylic acids is 3. The molecule has 0 aliphatic heterocycles. The summed E-state index contributed by atoms with van der Waals surface area (Å²) in [5, 5.41) is 5.70. The van der Waals surface area contributed by atoms with Crippen LogP contribution < -0.4 is 5.32 Å². The monoisotopic (exact) mass is 640 g/mol. The number of hydrogen-bond donors (Lipinski definition) is 1. The van der Waals surface area contributed by atoms with E-state index in [0.29, 0.717) is 30.4 Å². The first-order valence-corrected chi connectivity index (χ1v) is 19.2. The molecule has 0 radical (unpaired) electrons. The number of amides is 1. The highest BCUT2D eigenvalue weighted by molar-refractivity contribution is 8.29. The number of hydrogen-bond acceptors (Lipinski definition) is 8. The third-order valence-corrected chi connectivity index (χ3v) is 13.5. The lowest BCUT2D eigenvalue weighted by Crippen LogP contribution is -2.47. The second-order valence-corrected chi connectivity index (χ2v) is 19.6. The van der Waals surface area contributed by atoms with Gasteiger partial charge in [-0.3, -0.25) is 9.59 Å². The van der Waals surface area contributed by atoms with Gasteiger partial charge in [0.05, 0.1) is 12.1 Å². The van der Waals surface area contributed by atoms with Crippen LogP contribution in [-0.4, -0.2) is 64.4 Å². The van der Waals surface area contributed by atoms with Gasteiger partial charge in [-0.05, 0) is 58.0 Å². The van der Waals surface area contributed by atoms with Gasteiger partial charge in [-0.1, -0.05) is 65.7 Å². The molecule has 4 unspecified atom stereocenters. The van der Waals surface area contributed by atoms with Gasteiger partial charge in [0, 0.05) is 29.4 Å². The molecule has 43 heavy (non-hydrogen) atoms. The average molecular weight is 641 g/mol. The fraction of sp³-hybridized carbons (Fsp3) is 0.818. The van der Waals surface area contributed by atoms with Crippen molar-refractivity contribution in [3.8, 4) is 0 Å². The van der Waals surface area contributed by atoms with Crippen LogP contribution in [0.1, 0.15) is 128 Å². The molecule has 246 valence electrons. The zero-order valence-electron chi connectivity index (χ0n) is 28.0. The SMILES string of the molecule is COC(=O)C1(NC(=O)c2csc(CC3CCCCC(CCCCC(=O)OC(C)(C)C)CC3)n2)CC1OS(C)(C)C(C)(C)C. The Morgan fingerprint density at radius 2 is 1.67 bits per heavy atom. The topological polar surface area (TPSA) is 104 Å². The summed E-state index contributed by atoms with van der Waals surface area (Å²) in [5.74, 6) is 0.327. The molecule has 3 rings (SSSR count). The molecular weight excluding hydrogens is 585 g/mol. The van der Waals surface area contributed by atoms with E-state index < -0.39 is 33.5 Å². The molecule has 1 heterocycles. The van der Waals surface area contributed by atoms with Gasteiger partial charge in [-0.15, -0.1) is 21.6 Å². The minimum Gasteiger partial charge on any atom is -0.467 e. The van der Waals surface area contributed by atoms with Gasteiger partial charge in [-0.25, -0.2) is 9.78 Å². The number of methoxy groups -OCH3 is 1. The largest absolute Gasteiger partial charge is 0.467 e. The summed E-state index contributed by atoms with van der Waals surface area (Å²) >= 11 is 1.52. The van der Waals surface area contributed by atoms with Crippen molar-refractivity contribution in [2.24, 2.45) is 11.8 Å². The molecule has 8 nitrogen and oxygen atoms in total. The standard InChI is InChI=1S/C33H56N2O6S2/c1-31(2,3)40-28(36)17-13-12-15-23-14-10-11-16-24(19-18-23)20-27-34-25(22-42-27)29(37)35-33(30(38)39-7)21-26(33)41-43(8,9)32(4,5)6/h22-24,26H,10-21H2,1-9H3,(H,35,37). The van der Waals surface area contributed by atoms with Crippen molar-refractivity contribution in [1.82, 2.24) is 10.3 Å². The molecule has 2 saturated carbocycles. The highest BCUT2D eigenvalue weighted by Gasteiger charge is 2.65. The van der Waals surface area contributed by atoms with Crippen molar-refractivity contribution < 1.29 is 28.0 Å². The smallest absolute Gasteiger partial charge is 0.334 e. The maximum absolute atomic E-state index is 13.3. The van der Waals surface area contributed by atoms with Crippen LogP contribution in [0, 0.1) is 11.8 Å². The number of nitrogens with one attached hydrogen (secondary N) is 1. The molecule has 0 aromatic carbocycles. The van der Waals surface area contributed by atoms with Crippen LogP contribution in [0.2, 0.25) is 0 Å². The third kappa shape index (κ3) is 10.5. The third-order valence-electron chi connectivity index (χ3n) is 8.98. The number of esters is 2. The Labute approximate surface area is 265 Å². The van der Waals surface area contributed by atoms with E-state index in [1.54, 1.807) is 5.38 Å². The summed E-state index contributed by atoms with van der Waals surface area (Å²) in [5.41, 5.74) is -1.23. The van der Waals surface area contributed by atoms with Crippen LogP contribution >= 0.6 is 21.6 Å². The Hall–Kier alpha value is -1.65. The van der Waals surface area contributed by atoms with Gasteiger partial charge in [0.1, 0.15) is 17.4 Å². The second kappa shape index (κ2) is 14.6. The number of nitrogens with zero attached hydrogens (tertiary/aromatic N) is 1. The molecule has 2 fully saturated rings. The zero-order chi connectivity index (χ0) is 32.1. The molecular formula is C33H56N2O6S2. The molecule has 4 atom stereocenters. The summed E-state index contributed by atoms with van der Waals surface area (Å²) in [6.45, 7) is 12.1. The molecule has 2 aliphatic carbocycles. The molecule has 0 spiro atoms. The number of rotatable bonds is 12. The summed E-state index contributed by atoms with van der Waals surface area (Å²) in [6, 6.07) is 0. The summed E-state index contributed by atoms with van der Waals surface area (Å²) in [6.07, 6.45) is 15.9. The molecule has 0 bridgehead atoms. The Morgan fingerprint density at radius 3 is 2.30 bits per heavy atom. The van der Waals surface area contributed by atoms with Crippen LogP contribution in [0.4, 0.5) is 0 Å². The number of thiazole rings is 1. The lowest BCUT2D eigenvalue weighted by Gasteiger charge is -2.44. The lowest BCUT2D eigenvalue weighted by molar-refractivity contribution is -0.155. The maximum atomic E-state index is 13.3. The first kappa shape index (κ1) is 35.8. The van der Waals surface area contributed by atoms with Crippen molar-refractivity contribution in [2.45, 2.75) is 141 Å². The van der Waals surface area contributed by atoms with E-state index in [9.17, 15) is 14.4 Å². The Balaban J connectivity index is 1.50. The van der Waals surface area contributed by atoms with Gasteiger partial charge in [0.25, 0.3) is 5.91 Å². The number of aromatic nitrogens is 1. The van der Waals surface area contributed by atoms with Crippen molar-refractivity contribution in [1.29, 1.82) is 0 Å². The molecule has 1 aromatic heterocycles. The van der Waals surface area contributed by atoms with E-state index in [1.807, 2.05) is 20.8 Å². The Morgan fingerprint density at radius 1 is 1.02 bits per heavy atom. The molecule has 1 N–H and O–H groups in total. The first-order valence-electron chi connectivity index (χ1n) is 15.9. The van der Waals surface area contributed by atoms with Gasteiger partial charge in [0.15, 0.2) is 5.54 Å². The van der Waals surface area contributed by atoms with Crippen LogP contribution in [-0.2, 0) is 29.7 Å². The van der Waals surface area contributed by atoms with Crippen molar-refractivity contribution in [3.63, 3.8) is 0 Å². The van der Waals surface area contributed by atoms with Crippen LogP contribution in [0.3, 0.4) is 0 Å². The van der Waals surface area contributed by atoms with Crippen molar-refractivity contribution in [2.75, 3.05) is 19.6 Å². The van der Waals surface area contributed by atoms with E-state index in [0.717, 1.165) is 37.1 Å². The fourth-order valence-corrected chi connectivity index (χ4v) is 7.59. The number of ether oxygens (including phenoxy) is 2. The predicted octanol–water partition coefficient (Wildman–Crippen LogP) is 7.38. The van der Waals surface area contributed by atoms with Gasteiger partial charge in [0.2, 0.25) is 0 Å².